The number of hydrogen-bond acceptors (Lipinski definition) is 8. The fraction of sp³-hybridized carbons (Fsp3) is 0.424. The number of aliphatic carboxylic acids is 1. The number of fused-ring (bicyclic) bond motifs is 1. The summed E-state index contributed by atoms with van der Waals surface area (Å²) >= 11 is 0. The molecule has 0 aliphatic carbocycles. The van der Waals surface area contributed by atoms with Crippen molar-refractivity contribution in [2.24, 2.45) is 5.92 Å². The Kier molecular flexibility index (Phi) is 11.3. The summed E-state index contributed by atoms with van der Waals surface area (Å²) in [5.74, 6) is -1.60. The summed E-state index contributed by atoms with van der Waals surface area (Å²) in [7, 11) is 0. The molecule has 0 bridgehead atoms. The van der Waals surface area contributed by atoms with Crippen LogP contribution in [-0.4, -0.2) is 46.0 Å². The molecule has 1 aliphatic heterocycles. The van der Waals surface area contributed by atoms with Gasteiger partial charge < -0.3 is 19.9 Å². The zero-order valence-corrected chi connectivity index (χ0v) is 26.5. The van der Waals surface area contributed by atoms with E-state index in [1.165, 1.54) is 18.5 Å². The number of carbonyl (C=O) groups excluding carboxylic acids is 1. The summed E-state index contributed by atoms with van der Waals surface area (Å²) in [6, 6.07) is 7.45. The van der Waals surface area contributed by atoms with Gasteiger partial charge in [-0.15, -0.1) is 0 Å². The van der Waals surface area contributed by atoms with E-state index in [0.29, 0.717) is 18.9 Å². The molecule has 262 valence electrons. The predicted molar refractivity (Wildman–Crippen MR) is 164 cm³/mol. The lowest BCUT2D eigenvalue weighted by atomic mass is 9.75. The standard InChI is InChI=1S/C33H33F6N5O5/c1-3-31(43-29-41-18-26(19-42-29)49-10-6-5-7-28(45)46)24(12-20-11-21(17-40)14-25(13-20)33(37,38)39)16-22-15-23(32(34,35)36)8-9-27(22)44(31)30(47)48-4-2/h8-9,11,13-15,18-19,24H,3-7,10,12,16H2,1-2H3,(H,45,46)(H,41,42,43). The number of halogens is 6. The number of carbonyl (C=O) groups is 2. The molecule has 1 aromatic heterocycles. The molecule has 1 amide bonds. The number of amides is 1. The summed E-state index contributed by atoms with van der Waals surface area (Å²) < 4.78 is 93.8. The number of aromatic nitrogens is 2. The highest BCUT2D eigenvalue weighted by atomic mass is 19.4. The zero-order valence-electron chi connectivity index (χ0n) is 26.5. The van der Waals surface area contributed by atoms with Crippen LogP contribution in [0.25, 0.3) is 0 Å². The number of anilines is 2. The van der Waals surface area contributed by atoms with Crippen molar-refractivity contribution in [2.75, 3.05) is 23.4 Å². The average Bonchev–Trinajstić information content (AvgIpc) is 3.04. The average molecular weight is 694 g/mol. The van der Waals surface area contributed by atoms with Gasteiger partial charge in [-0.2, -0.15) is 31.6 Å². The molecule has 2 N–H and O–H groups in total. The van der Waals surface area contributed by atoms with Crippen LogP contribution in [-0.2, 0) is 34.7 Å². The van der Waals surface area contributed by atoms with Gasteiger partial charge in [-0.05, 0) is 86.6 Å². The predicted octanol–water partition coefficient (Wildman–Crippen LogP) is 7.62. The molecule has 2 unspecified atom stereocenters. The van der Waals surface area contributed by atoms with Crippen LogP contribution < -0.4 is 15.0 Å². The molecule has 0 fully saturated rings. The van der Waals surface area contributed by atoms with Gasteiger partial charge in [0.05, 0.1) is 54.1 Å². The number of nitrogens with zero attached hydrogens (tertiary/aromatic N) is 4. The molecule has 2 atom stereocenters. The van der Waals surface area contributed by atoms with E-state index in [4.69, 9.17) is 14.6 Å². The number of hydrogen-bond donors (Lipinski definition) is 2. The van der Waals surface area contributed by atoms with Crippen LogP contribution in [0.2, 0.25) is 0 Å². The van der Waals surface area contributed by atoms with Gasteiger partial charge >= 0.3 is 24.4 Å². The molecule has 2 aromatic carbocycles. The van der Waals surface area contributed by atoms with Gasteiger partial charge in [0, 0.05) is 12.3 Å². The summed E-state index contributed by atoms with van der Waals surface area (Å²) in [5.41, 5.74) is -3.59. The van der Waals surface area contributed by atoms with Gasteiger partial charge in [0.2, 0.25) is 5.95 Å². The lowest BCUT2D eigenvalue weighted by Gasteiger charge is -2.52. The van der Waals surface area contributed by atoms with Gasteiger partial charge in [0.25, 0.3) is 0 Å². The number of carboxylic acid groups (broad SMARTS) is 1. The van der Waals surface area contributed by atoms with Crippen molar-refractivity contribution >= 4 is 23.7 Å². The van der Waals surface area contributed by atoms with E-state index in [2.05, 4.69) is 15.3 Å². The van der Waals surface area contributed by atoms with Crippen LogP contribution in [0.5, 0.6) is 5.75 Å². The Balaban J connectivity index is 1.81. The summed E-state index contributed by atoms with van der Waals surface area (Å²) in [6.07, 6.45) is -7.19. The van der Waals surface area contributed by atoms with Crippen molar-refractivity contribution in [3.8, 4) is 11.8 Å². The smallest absolute Gasteiger partial charge is 0.416 e. The number of alkyl halides is 6. The minimum absolute atomic E-state index is 0.0150. The van der Waals surface area contributed by atoms with E-state index in [9.17, 15) is 41.2 Å². The van der Waals surface area contributed by atoms with E-state index in [1.807, 2.05) is 0 Å². The van der Waals surface area contributed by atoms with Crippen LogP contribution in [0.4, 0.5) is 42.8 Å². The Morgan fingerprint density at radius 2 is 1.73 bits per heavy atom. The number of unbranched alkanes of at least 4 members (excludes halogenated alkanes) is 1. The van der Waals surface area contributed by atoms with Crippen LogP contribution in [0.1, 0.15) is 67.3 Å². The van der Waals surface area contributed by atoms with E-state index in [1.54, 1.807) is 19.9 Å². The molecule has 0 radical (unpaired) electrons. The van der Waals surface area contributed by atoms with Gasteiger partial charge in [0.15, 0.2) is 5.75 Å². The zero-order chi connectivity index (χ0) is 36.0. The Morgan fingerprint density at radius 1 is 1.04 bits per heavy atom. The highest BCUT2D eigenvalue weighted by molar-refractivity contribution is 5.92. The second-order valence-electron chi connectivity index (χ2n) is 11.4. The summed E-state index contributed by atoms with van der Waals surface area (Å²) in [6.45, 7) is 3.33. The Hall–Kier alpha value is -5.07. The SMILES string of the molecule is CCOC(=O)N1c2ccc(C(F)(F)F)cc2CC(Cc2cc(C#N)cc(C(F)(F)F)c2)C1(CC)Nc1ncc(OCCCCC(=O)O)cn1. The van der Waals surface area contributed by atoms with Gasteiger partial charge in [0.1, 0.15) is 5.66 Å². The van der Waals surface area contributed by atoms with Crippen molar-refractivity contribution in [3.05, 3.63) is 76.6 Å². The van der Waals surface area contributed by atoms with Crippen molar-refractivity contribution in [1.29, 1.82) is 5.26 Å². The van der Waals surface area contributed by atoms with Crippen molar-refractivity contribution in [3.63, 3.8) is 0 Å². The topological polar surface area (TPSA) is 138 Å². The first kappa shape index (κ1) is 36.8. The minimum Gasteiger partial charge on any atom is -0.490 e. The molecule has 3 aromatic rings. The van der Waals surface area contributed by atoms with Crippen LogP contribution in [0.3, 0.4) is 0 Å². The van der Waals surface area contributed by atoms with Crippen molar-refractivity contribution in [1.82, 2.24) is 9.97 Å². The Labute approximate surface area is 277 Å². The molecule has 4 rings (SSSR count). The minimum atomic E-state index is -4.78. The fourth-order valence-electron chi connectivity index (χ4n) is 5.90. The number of ether oxygens (including phenoxy) is 2. The van der Waals surface area contributed by atoms with E-state index >= 15 is 0 Å². The molecule has 2 heterocycles. The molecule has 0 saturated carbocycles. The van der Waals surface area contributed by atoms with Gasteiger partial charge in [-0.3, -0.25) is 9.69 Å². The molecule has 16 heteroatoms. The third-order valence-corrected chi connectivity index (χ3v) is 8.12. The molecule has 49 heavy (non-hydrogen) atoms. The van der Waals surface area contributed by atoms with E-state index in [-0.39, 0.29) is 73.0 Å². The maximum absolute atomic E-state index is 13.8. The second-order valence-corrected chi connectivity index (χ2v) is 11.4. The number of nitriles is 1. The van der Waals surface area contributed by atoms with E-state index < -0.39 is 47.1 Å². The number of nitrogens with one attached hydrogen (secondary N) is 1. The van der Waals surface area contributed by atoms with Crippen LogP contribution in [0, 0.1) is 17.2 Å². The van der Waals surface area contributed by atoms with Crippen molar-refractivity contribution < 1.29 is 50.5 Å². The van der Waals surface area contributed by atoms with Crippen LogP contribution in [0.15, 0.2) is 48.8 Å². The first-order valence-corrected chi connectivity index (χ1v) is 15.3. The van der Waals surface area contributed by atoms with Gasteiger partial charge in [-0.25, -0.2) is 14.8 Å². The number of benzene rings is 2. The normalized spacial score (nSPS) is 17.5. The number of carboxylic acids is 1. The fourth-order valence-corrected chi connectivity index (χ4v) is 5.90. The van der Waals surface area contributed by atoms with Crippen molar-refractivity contribution in [2.45, 2.75) is 70.4 Å². The molecule has 10 nitrogen and oxygen atoms in total. The monoisotopic (exact) mass is 693 g/mol. The Morgan fingerprint density at radius 3 is 2.33 bits per heavy atom. The maximum Gasteiger partial charge on any atom is 0.416 e. The molecule has 0 spiro atoms. The highest BCUT2D eigenvalue weighted by Crippen LogP contribution is 2.46. The maximum atomic E-state index is 13.8. The molecule has 0 saturated heterocycles. The summed E-state index contributed by atoms with van der Waals surface area (Å²) in [5, 5.41) is 21.4. The molecule has 1 aliphatic rings. The lowest BCUT2D eigenvalue weighted by molar-refractivity contribution is -0.138. The third kappa shape index (κ3) is 8.70. The highest BCUT2D eigenvalue weighted by Gasteiger charge is 2.51. The number of rotatable bonds is 12. The molecular weight excluding hydrogens is 660 g/mol. The second kappa shape index (κ2) is 15.0. The quantitative estimate of drug-likeness (QED) is 0.145. The Bertz CT molecular complexity index is 1690. The largest absolute Gasteiger partial charge is 0.490 e. The summed E-state index contributed by atoms with van der Waals surface area (Å²) in [4.78, 5) is 34.2. The third-order valence-electron chi connectivity index (χ3n) is 8.12. The molecular formula is C33H33F6N5O5. The van der Waals surface area contributed by atoms with Gasteiger partial charge in [-0.1, -0.05) is 6.92 Å². The first-order chi connectivity index (χ1) is 23.1. The lowest BCUT2D eigenvalue weighted by Crippen LogP contribution is -2.65. The first-order valence-electron chi connectivity index (χ1n) is 15.3. The van der Waals surface area contributed by atoms with E-state index in [0.717, 1.165) is 29.2 Å². The van der Waals surface area contributed by atoms with Crippen LogP contribution >= 0.6 is 0 Å².